The molecule has 0 saturated carbocycles. The molecule has 0 unspecified atom stereocenters. The summed E-state index contributed by atoms with van der Waals surface area (Å²) in [6.07, 6.45) is 0.529. The Morgan fingerprint density at radius 3 is 2.48 bits per heavy atom. The Kier molecular flexibility index (Phi) is 8.56. The SMILES string of the molecule is CC[C@H](C)NS(=O)(=O)c1cc([N+](=O)[O-])ccc1Oc1c(C)c(C(=O)NCC(C)C)nn1CC. The van der Waals surface area contributed by atoms with Gasteiger partial charge in [0.2, 0.25) is 15.9 Å². The topological polar surface area (TPSA) is 145 Å². The second kappa shape index (κ2) is 10.8. The summed E-state index contributed by atoms with van der Waals surface area (Å²) in [7, 11) is -4.13. The van der Waals surface area contributed by atoms with Crippen molar-refractivity contribution in [1.82, 2.24) is 19.8 Å². The first kappa shape index (κ1) is 26.3. The first-order chi connectivity index (χ1) is 15.4. The number of hydrogen-bond acceptors (Lipinski definition) is 7. The third kappa shape index (κ3) is 6.29. The molecule has 1 aromatic heterocycles. The van der Waals surface area contributed by atoms with Gasteiger partial charge in [-0.1, -0.05) is 20.8 Å². The van der Waals surface area contributed by atoms with Gasteiger partial charge in [0, 0.05) is 36.8 Å². The number of carbonyl (C=O) groups is 1. The van der Waals surface area contributed by atoms with Crippen LogP contribution in [-0.4, -0.2) is 41.6 Å². The van der Waals surface area contributed by atoms with Crippen LogP contribution in [0.25, 0.3) is 0 Å². The van der Waals surface area contributed by atoms with E-state index in [1.54, 1.807) is 20.8 Å². The van der Waals surface area contributed by atoms with E-state index in [9.17, 15) is 23.3 Å². The van der Waals surface area contributed by atoms with Crippen LogP contribution in [-0.2, 0) is 16.6 Å². The van der Waals surface area contributed by atoms with Crippen molar-refractivity contribution in [1.29, 1.82) is 0 Å². The summed E-state index contributed by atoms with van der Waals surface area (Å²) in [5.41, 5.74) is 0.201. The summed E-state index contributed by atoms with van der Waals surface area (Å²) in [4.78, 5) is 22.8. The van der Waals surface area contributed by atoms with E-state index in [4.69, 9.17) is 4.74 Å². The number of nitro groups is 1. The number of rotatable bonds is 11. The highest BCUT2D eigenvalue weighted by Crippen LogP contribution is 2.34. The molecule has 0 aliphatic rings. The summed E-state index contributed by atoms with van der Waals surface area (Å²) in [5, 5.41) is 18.4. The number of benzene rings is 1. The van der Waals surface area contributed by atoms with Crippen LogP contribution in [0, 0.1) is 23.0 Å². The highest BCUT2D eigenvalue weighted by molar-refractivity contribution is 7.89. The van der Waals surface area contributed by atoms with E-state index < -0.39 is 14.9 Å². The fourth-order valence-corrected chi connectivity index (χ4v) is 4.37. The Balaban J connectivity index is 2.54. The first-order valence-corrected chi connectivity index (χ1v) is 12.2. The van der Waals surface area contributed by atoms with Gasteiger partial charge in [-0.15, -0.1) is 0 Å². The number of aromatic nitrogens is 2. The van der Waals surface area contributed by atoms with E-state index in [-0.39, 0.29) is 45.8 Å². The highest BCUT2D eigenvalue weighted by atomic mass is 32.2. The van der Waals surface area contributed by atoms with Crippen LogP contribution in [0.15, 0.2) is 23.1 Å². The van der Waals surface area contributed by atoms with Gasteiger partial charge >= 0.3 is 0 Å². The molecule has 11 nitrogen and oxygen atoms in total. The number of nitro benzene ring substituents is 1. The molecule has 2 N–H and O–H groups in total. The Hall–Kier alpha value is -2.99. The summed E-state index contributed by atoms with van der Waals surface area (Å²) in [5.74, 6) is -0.0402. The quantitative estimate of drug-likeness (QED) is 0.369. The number of nitrogens with zero attached hydrogens (tertiary/aromatic N) is 3. The minimum Gasteiger partial charge on any atom is -0.438 e. The molecular formula is C21H31N5O6S. The van der Waals surface area contributed by atoms with Crippen molar-refractivity contribution in [3.63, 3.8) is 0 Å². The van der Waals surface area contributed by atoms with E-state index >= 15 is 0 Å². The monoisotopic (exact) mass is 481 g/mol. The molecule has 1 aromatic carbocycles. The number of non-ortho nitro benzene ring substituents is 1. The van der Waals surface area contributed by atoms with E-state index in [2.05, 4.69) is 15.1 Å². The van der Waals surface area contributed by atoms with Crippen LogP contribution in [0.1, 0.15) is 57.1 Å². The lowest BCUT2D eigenvalue weighted by molar-refractivity contribution is -0.385. The number of sulfonamides is 1. The maximum Gasteiger partial charge on any atom is 0.272 e. The minimum atomic E-state index is -4.13. The van der Waals surface area contributed by atoms with Gasteiger partial charge in [0.05, 0.1) is 4.92 Å². The molecule has 2 aromatic rings. The highest BCUT2D eigenvalue weighted by Gasteiger charge is 2.27. The van der Waals surface area contributed by atoms with Gasteiger partial charge in [0.25, 0.3) is 11.6 Å². The predicted molar refractivity (Wildman–Crippen MR) is 123 cm³/mol. The lowest BCUT2D eigenvalue weighted by Crippen LogP contribution is -2.32. The first-order valence-electron chi connectivity index (χ1n) is 10.7. The van der Waals surface area contributed by atoms with Crippen LogP contribution in [0.3, 0.4) is 0 Å². The van der Waals surface area contributed by atoms with Crippen LogP contribution >= 0.6 is 0 Å². The third-order valence-electron chi connectivity index (χ3n) is 4.92. The summed E-state index contributed by atoms with van der Waals surface area (Å²) >= 11 is 0. The molecule has 0 fully saturated rings. The lowest BCUT2D eigenvalue weighted by Gasteiger charge is -2.16. The summed E-state index contributed by atoms with van der Waals surface area (Å²) in [6, 6.07) is 2.96. The number of nitrogens with one attached hydrogen (secondary N) is 2. The number of aryl methyl sites for hydroxylation is 1. The van der Waals surface area contributed by atoms with Crippen molar-refractivity contribution < 1.29 is 22.9 Å². The molecule has 12 heteroatoms. The molecule has 0 saturated heterocycles. The second-order valence-electron chi connectivity index (χ2n) is 8.12. The van der Waals surface area contributed by atoms with Gasteiger partial charge in [-0.05, 0) is 39.2 Å². The zero-order valence-electron chi connectivity index (χ0n) is 19.7. The van der Waals surface area contributed by atoms with E-state index in [0.29, 0.717) is 25.1 Å². The van der Waals surface area contributed by atoms with Crippen molar-refractivity contribution >= 4 is 21.6 Å². The zero-order valence-corrected chi connectivity index (χ0v) is 20.5. The Morgan fingerprint density at radius 1 is 1.27 bits per heavy atom. The molecule has 33 heavy (non-hydrogen) atoms. The van der Waals surface area contributed by atoms with Gasteiger partial charge in [-0.25, -0.2) is 17.8 Å². The van der Waals surface area contributed by atoms with Crippen LogP contribution < -0.4 is 14.8 Å². The Bertz CT molecular complexity index is 1130. The third-order valence-corrected chi connectivity index (χ3v) is 6.53. The van der Waals surface area contributed by atoms with Crippen molar-refractivity contribution in [2.75, 3.05) is 6.54 Å². The van der Waals surface area contributed by atoms with Gasteiger partial charge in [-0.3, -0.25) is 14.9 Å². The molecule has 182 valence electrons. The zero-order chi connectivity index (χ0) is 24.9. The van der Waals surface area contributed by atoms with Crippen molar-refractivity contribution in [2.45, 2.75) is 65.4 Å². The lowest BCUT2D eigenvalue weighted by atomic mass is 10.2. The van der Waals surface area contributed by atoms with E-state index in [1.807, 2.05) is 20.8 Å². The molecule has 0 bridgehead atoms. The Morgan fingerprint density at radius 2 is 1.94 bits per heavy atom. The van der Waals surface area contributed by atoms with Crippen LogP contribution in [0.4, 0.5) is 5.69 Å². The van der Waals surface area contributed by atoms with Gasteiger partial charge in [0.1, 0.15) is 10.6 Å². The van der Waals surface area contributed by atoms with Crippen LogP contribution in [0.2, 0.25) is 0 Å². The fourth-order valence-electron chi connectivity index (χ4n) is 2.90. The standard InChI is InChI=1S/C21H31N5O6S/c1-7-14(5)24-33(30,31)18-11-16(26(28)29)9-10-17(18)32-21-15(6)19(23-25(21)8-2)20(27)22-12-13(3)4/h9-11,13-14,24H,7-8,12H2,1-6H3,(H,22,27)/t14-/m0/s1. The maximum atomic E-state index is 13.0. The average Bonchev–Trinajstić information content (AvgIpc) is 3.07. The maximum absolute atomic E-state index is 13.0. The van der Waals surface area contributed by atoms with E-state index in [1.165, 1.54) is 10.7 Å². The van der Waals surface area contributed by atoms with E-state index in [0.717, 1.165) is 12.1 Å². The van der Waals surface area contributed by atoms with Gasteiger partial charge < -0.3 is 10.1 Å². The predicted octanol–water partition coefficient (Wildman–Crippen LogP) is 3.37. The average molecular weight is 482 g/mol. The normalized spacial score (nSPS) is 12.6. The van der Waals surface area contributed by atoms with Crippen molar-refractivity contribution in [3.05, 3.63) is 39.6 Å². The number of hydrogen-bond donors (Lipinski definition) is 2. The molecule has 0 aliphatic heterocycles. The van der Waals surface area contributed by atoms with Crippen molar-refractivity contribution in [3.8, 4) is 11.6 Å². The molecule has 1 atom stereocenters. The summed E-state index contributed by atoms with van der Waals surface area (Å²) < 4.78 is 35.8. The van der Waals surface area contributed by atoms with Gasteiger partial charge in [-0.2, -0.15) is 5.10 Å². The summed E-state index contributed by atoms with van der Waals surface area (Å²) in [6.45, 7) is 11.7. The smallest absolute Gasteiger partial charge is 0.272 e. The number of amides is 1. The van der Waals surface area contributed by atoms with Crippen LogP contribution in [0.5, 0.6) is 11.6 Å². The van der Waals surface area contributed by atoms with Crippen molar-refractivity contribution in [2.24, 2.45) is 5.92 Å². The number of ether oxygens (including phenoxy) is 1. The van der Waals surface area contributed by atoms with Gasteiger partial charge in [0.15, 0.2) is 5.69 Å². The number of carbonyl (C=O) groups excluding carboxylic acids is 1. The largest absolute Gasteiger partial charge is 0.438 e. The molecule has 0 radical (unpaired) electrons. The molecule has 0 spiro atoms. The molecule has 1 amide bonds. The molecular weight excluding hydrogens is 450 g/mol. The Labute approximate surface area is 193 Å². The fraction of sp³-hybridized carbons (Fsp3) is 0.524. The minimum absolute atomic E-state index is 0.108. The molecule has 0 aliphatic carbocycles. The molecule has 1 heterocycles. The second-order valence-corrected chi connectivity index (χ2v) is 9.80. The molecule has 2 rings (SSSR count).